The highest BCUT2D eigenvalue weighted by Crippen LogP contribution is 2.22. The van der Waals surface area contributed by atoms with Gasteiger partial charge in [0.15, 0.2) is 5.96 Å². The standard InChI is InChI=1S/C12H20BrN3S.HI/c1-4-14-12(16-9(2)3)15-8-7-10-5-6-11(13)17-10;/h5-6,9H,4,7-8H2,1-3H3,(H2,14,15,16);1H. The van der Waals surface area contributed by atoms with Crippen molar-refractivity contribution in [3.63, 3.8) is 0 Å². The predicted molar refractivity (Wildman–Crippen MR) is 95.4 cm³/mol. The zero-order valence-corrected chi connectivity index (χ0v) is 15.7. The first-order chi connectivity index (χ1) is 8.11. The molecule has 0 saturated carbocycles. The third-order valence-electron chi connectivity index (χ3n) is 2.03. The summed E-state index contributed by atoms with van der Waals surface area (Å²) in [5, 5.41) is 6.54. The number of hydrogen-bond acceptors (Lipinski definition) is 2. The highest BCUT2D eigenvalue weighted by atomic mass is 127. The Labute approximate surface area is 139 Å². The third kappa shape index (κ3) is 7.58. The van der Waals surface area contributed by atoms with E-state index in [4.69, 9.17) is 0 Å². The number of thiophene rings is 1. The maximum absolute atomic E-state index is 4.54. The van der Waals surface area contributed by atoms with E-state index in [0.29, 0.717) is 6.04 Å². The van der Waals surface area contributed by atoms with Crippen LogP contribution in [0.4, 0.5) is 0 Å². The average Bonchev–Trinajstić information content (AvgIpc) is 2.63. The second-order valence-electron chi connectivity index (χ2n) is 4.02. The minimum Gasteiger partial charge on any atom is -0.357 e. The van der Waals surface area contributed by atoms with Crippen LogP contribution < -0.4 is 10.6 Å². The summed E-state index contributed by atoms with van der Waals surface area (Å²) in [6, 6.07) is 4.64. The highest BCUT2D eigenvalue weighted by Gasteiger charge is 2.00. The van der Waals surface area contributed by atoms with Gasteiger partial charge in [0.25, 0.3) is 0 Å². The van der Waals surface area contributed by atoms with Crippen LogP contribution in [0.15, 0.2) is 20.9 Å². The molecule has 0 spiro atoms. The monoisotopic (exact) mass is 445 g/mol. The summed E-state index contributed by atoms with van der Waals surface area (Å²) in [7, 11) is 0. The van der Waals surface area contributed by atoms with Gasteiger partial charge < -0.3 is 10.6 Å². The summed E-state index contributed by atoms with van der Waals surface area (Å²) in [5.41, 5.74) is 0. The minimum absolute atomic E-state index is 0. The summed E-state index contributed by atoms with van der Waals surface area (Å²) in [4.78, 5) is 5.91. The molecule has 1 rings (SSSR count). The quantitative estimate of drug-likeness (QED) is 0.412. The molecule has 0 bridgehead atoms. The first-order valence-corrected chi connectivity index (χ1v) is 7.51. The van der Waals surface area contributed by atoms with Gasteiger partial charge in [-0.05, 0) is 48.8 Å². The van der Waals surface area contributed by atoms with Crippen molar-refractivity contribution < 1.29 is 0 Å². The normalized spacial score (nSPS) is 11.3. The van der Waals surface area contributed by atoms with Crippen LogP contribution in [0.1, 0.15) is 25.6 Å². The maximum atomic E-state index is 4.54. The molecular formula is C12H21BrIN3S. The number of hydrogen-bond donors (Lipinski definition) is 2. The van der Waals surface area contributed by atoms with Crippen molar-refractivity contribution in [2.24, 2.45) is 4.99 Å². The van der Waals surface area contributed by atoms with E-state index in [0.717, 1.165) is 25.5 Å². The second kappa shape index (κ2) is 10.0. The fourth-order valence-corrected chi connectivity index (χ4v) is 2.83. The third-order valence-corrected chi connectivity index (χ3v) is 3.71. The van der Waals surface area contributed by atoms with Gasteiger partial charge in [-0.25, -0.2) is 0 Å². The number of rotatable bonds is 5. The van der Waals surface area contributed by atoms with Crippen LogP contribution in [0, 0.1) is 0 Å². The van der Waals surface area contributed by atoms with Gasteiger partial charge in [-0.3, -0.25) is 4.99 Å². The van der Waals surface area contributed by atoms with Gasteiger partial charge in [0.2, 0.25) is 0 Å². The van der Waals surface area contributed by atoms with E-state index in [1.807, 2.05) is 0 Å². The number of guanidine groups is 1. The predicted octanol–water partition coefficient (Wildman–Crippen LogP) is 3.63. The van der Waals surface area contributed by atoms with Crippen LogP contribution in [-0.2, 0) is 6.42 Å². The fourth-order valence-electron chi connectivity index (χ4n) is 1.36. The Morgan fingerprint density at radius 2 is 2.17 bits per heavy atom. The van der Waals surface area contributed by atoms with E-state index < -0.39 is 0 Å². The van der Waals surface area contributed by atoms with Crippen LogP contribution in [0.25, 0.3) is 0 Å². The molecule has 1 heterocycles. The summed E-state index contributed by atoms with van der Waals surface area (Å²) in [5.74, 6) is 0.901. The highest BCUT2D eigenvalue weighted by molar-refractivity contribution is 14.0. The lowest BCUT2D eigenvalue weighted by Crippen LogP contribution is -2.41. The van der Waals surface area contributed by atoms with Crippen LogP contribution in [0.3, 0.4) is 0 Å². The number of halogens is 2. The van der Waals surface area contributed by atoms with Crippen molar-refractivity contribution in [2.75, 3.05) is 13.1 Å². The SMILES string of the molecule is CCNC(=NCCc1ccc(Br)s1)NC(C)C.I. The average molecular weight is 446 g/mol. The van der Waals surface area contributed by atoms with Crippen molar-refractivity contribution in [1.82, 2.24) is 10.6 Å². The molecule has 2 N–H and O–H groups in total. The first kappa shape index (κ1) is 18.2. The van der Waals surface area contributed by atoms with Gasteiger partial charge in [0, 0.05) is 30.4 Å². The summed E-state index contributed by atoms with van der Waals surface area (Å²) in [6.07, 6.45) is 0.991. The number of nitrogens with zero attached hydrogens (tertiary/aromatic N) is 1. The molecule has 0 aliphatic rings. The smallest absolute Gasteiger partial charge is 0.191 e. The summed E-state index contributed by atoms with van der Waals surface area (Å²) in [6.45, 7) is 8.01. The van der Waals surface area contributed by atoms with E-state index in [1.54, 1.807) is 11.3 Å². The summed E-state index contributed by atoms with van der Waals surface area (Å²) >= 11 is 5.24. The van der Waals surface area contributed by atoms with Crippen molar-refractivity contribution in [2.45, 2.75) is 33.2 Å². The number of aliphatic imine (C=N–C) groups is 1. The Bertz CT molecular complexity index is 366. The Balaban J connectivity index is 0.00000289. The van der Waals surface area contributed by atoms with Gasteiger partial charge >= 0.3 is 0 Å². The Kier molecular flexibility index (Phi) is 10.1. The van der Waals surface area contributed by atoms with Crippen LogP contribution in [0.5, 0.6) is 0 Å². The zero-order chi connectivity index (χ0) is 12.7. The maximum Gasteiger partial charge on any atom is 0.191 e. The molecule has 0 aromatic carbocycles. The Hall–Kier alpha value is 0.180. The van der Waals surface area contributed by atoms with Gasteiger partial charge in [-0.15, -0.1) is 35.3 Å². The topological polar surface area (TPSA) is 36.4 Å². The van der Waals surface area contributed by atoms with E-state index in [-0.39, 0.29) is 24.0 Å². The molecule has 3 nitrogen and oxygen atoms in total. The molecule has 0 saturated heterocycles. The van der Waals surface area contributed by atoms with Crippen molar-refractivity contribution in [3.05, 3.63) is 20.8 Å². The van der Waals surface area contributed by atoms with E-state index >= 15 is 0 Å². The zero-order valence-electron chi connectivity index (χ0n) is 11.0. The molecule has 1 aromatic heterocycles. The van der Waals surface area contributed by atoms with Gasteiger partial charge in [-0.1, -0.05) is 0 Å². The molecule has 6 heteroatoms. The molecule has 0 aliphatic carbocycles. The molecule has 0 radical (unpaired) electrons. The second-order valence-corrected chi connectivity index (χ2v) is 6.56. The van der Waals surface area contributed by atoms with E-state index in [1.165, 1.54) is 8.66 Å². The van der Waals surface area contributed by atoms with Gasteiger partial charge in [0.05, 0.1) is 3.79 Å². The molecule has 0 fully saturated rings. The minimum atomic E-state index is 0. The summed E-state index contributed by atoms with van der Waals surface area (Å²) < 4.78 is 1.18. The fraction of sp³-hybridized carbons (Fsp3) is 0.583. The lowest BCUT2D eigenvalue weighted by molar-refractivity contribution is 0.700. The Morgan fingerprint density at radius 1 is 1.44 bits per heavy atom. The van der Waals surface area contributed by atoms with E-state index in [9.17, 15) is 0 Å². The molecule has 18 heavy (non-hydrogen) atoms. The van der Waals surface area contributed by atoms with Crippen LogP contribution in [-0.4, -0.2) is 25.1 Å². The molecule has 0 amide bonds. The first-order valence-electron chi connectivity index (χ1n) is 5.91. The molecule has 0 unspecified atom stereocenters. The van der Waals surface area contributed by atoms with Crippen LogP contribution in [0.2, 0.25) is 0 Å². The van der Waals surface area contributed by atoms with Gasteiger partial charge in [0.1, 0.15) is 0 Å². The molecule has 0 aliphatic heterocycles. The van der Waals surface area contributed by atoms with E-state index in [2.05, 4.69) is 64.5 Å². The molecular weight excluding hydrogens is 425 g/mol. The lowest BCUT2D eigenvalue weighted by atomic mass is 10.3. The van der Waals surface area contributed by atoms with Gasteiger partial charge in [-0.2, -0.15) is 0 Å². The molecule has 1 aromatic rings. The Morgan fingerprint density at radius 3 is 2.67 bits per heavy atom. The molecule has 104 valence electrons. The lowest BCUT2D eigenvalue weighted by Gasteiger charge is -2.13. The number of nitrogens with one attached hydrogen (secondary N) is 2. The van der Waals surface area contributed by atoms with Crippen molar-refractivity contribution >= 4 is 57.2 Å². The molecule has 0 atom stereocenters. The largest absolute Gasteiger partial charge is 0.357 e. The van der Waals surface area contributed by atoms with Crippen molar-refractivity contribution in [1.29, 1.82) is 0 Å². The van der Waals surface area contributed by atoms with Crippen molar-refractivity contribution in [3.8, 4) is 0 Å². The van der Waals surface area contributed by atoms with Crippen LogP contribution >= 0.6 is 51.2 Å².